The summed E-state index contributed by atoms with van der Waals surface area (Å²) in [5, 5.41) is 3.00. The van der Waals surface area contributed by atoms with Crippen LogP contribution in [0.2, 0.25) is 0 Å². The van der Waals surface area contributed by atoms with E-state index in [9.17, 15) is 9.59 Å². The van der Waals surface area contributed by atoms with E-state index in [0.717, 1.165) is 11.1 Å². The number of hydrogen-bond donors (Lipinski definition) is 1. The Morgan fingerprint density at radius 2 is 1.52 bits per heavy atom. The largest absolute Gasteiger partial charge is 0.350 e. The van der Waals surface area contributed by atoms with Crippen molar-refractivity contribution in [3.63, 3.8) is 0 Å². The molecule has 2 aromatic rings. The smallest absolute Gasteiger partial charge is 0.242 e. The van der Waals surface area contributed by atoms with Crippen LogP contribution in [-0.2, 0) is 22.6 Å². The van der Waals surface area contributed by atoms with E-state index >= 15 is 0 Å². The van der Waals surface area contributed by atoms with Crippen LogP contribution in [-0.4, -0.2) is 28.3 Å². The zero-order valence-corrected chi connectivity index (χ0v) is 18.8. The SMILES string of the molecule is Cc1ccc(CN(C(=O)Cc2ccc(C)c(C)c2)C(C)C(=O)NC(C)(C)C)cc1. The first-order chi connectivity index (χ1) is 13.5. The van der Waals surface area contributed by atoms with Crippen molar-refractivity contribution in [1.82, 2.24) is 10.2 Å². The molecule has 1 N–H and O–H groups in total. The molecular formula is C25H34N2O2. The fraction of sp³-hybridized carbons (Fsp3) is 0.440. The third kappa shape index (κ3) is 6.74. The molecule has 2 amide bonds. The van der Waals surface area contributed by atoms with Gasteiger partial charge in [0.25, 0.3) is 0 Å². The Labute approximate surface area is 175 Å². The number of benzene rings is 2. The molecule has 0 saturated carbocycles. The molecule has 156 valence electrons. The molecule has 0 aliphatic rings. The van der Waals surface area contributed by atoms with Gasteiger partial charge in [0.1, 0.15) is 6.04 Å². The Kier molecular flexibility index (Phi) is 7.23. The predicted octanol–water partition coefficient (Wildman–Crippen LogP) is 4.49. The normalized spacial score (nSPS) is 12.4. The summed E-state index contributed by atoms with van der Waals surface area (Å²) in [6, 6.07) is 13.6. The van der Waals surface area contributed by atoms with Crippen molar-refractivity contribution in [2.24, 2.45) is 0 Å². The minimum Gasteiger partial charge on any atom is -0.350 e. The lowest BCUT2D eigenvalue weighted by Crippen LogP contribution is -2.52. The van der Waals surface area contributed by atoms with E-state index in [1.54, 1.807) is 11.8 Å². The number of carbonyl (C=O) groups excluding carboxylic acids is 2. The van der Waals surface area contributed by atoms with Gasteiger partial charge in [-0.2, -0.15) is 0 Å². The first-order valence-electron chi connectivity index (χ1n) is 10.2. The van der Waals surface area contributed by atoms with Crippen molar-refractivity contribution in [2.45, 2.75) is 73.0 Å². The predicted molar refractivity (Wildman–Crippen MR) is 119 cm³/mol. The van der Waals surface area contributed by atoms with Crippen LogP contribution in [0.5, 0.6) is 0 Å². The average molecular weight is 395 g/mol. The minimum atomic E-state index is -0.561. The molecule has 0 radical (unpaired) electrons. The molecule has 0 bridgehead atoms. The van der Waals surface area contributed by atoms with Gasteiger partial charge in [0.2, 0.25) is 11.8 Å². The molecule has 0 saturated heterocycles. The summed E-state index contributed by atoms with van der Waals surface area (Å²) >= 11 is 0. The van der Waals surface area contributed by atoms with Gasteiger partial charge in [-0.1, -0.05) is 48.0 Å². The number of amides is 2. The Balaban J connectivity index is 2.26. The van der Waals surface area contributed by atoms with Crippen LogP contribution in [0.25, 0.3) is 0 Å². The van der Waals surface area contributed by atoms with Gasteiger partial charge in [0.05, 0.1) is 6.42 Å². The molecule has 0 aliphatic carbocycles. The van der Waals surface area contributed by atoms with Gasteiger partial charge >= 0.3 is 0 Å². The third-order valence-electron chi connectivity index (χ3n) is 5.07. The Hall–Kier alpha value is -2.62. The van der Waals surface area contributed by atoms with Crippen LogP contribution >= 0.6 is 0 Å². The fourth-order valence-corrected chi connectivity index (χ4v) is 3.14. The summed E-state index contributed by atoms with van der Waals surface area (Å²) < 4.78 is 0. The summed E-state index contributed by atoms with van der Waals surface area (Å²) in [7, 11) is 0. The van der Waals surface area contributed by atoms with Gasteiger partial charge in [-0.05, 0) is 70.7 Å². The van der Waals surface area contributed by atoms with Gasteiger partial charge in [-0.3, -0.25) is 9.59 Å². The van der Waals surface area contributed by atoms with Crippen LogP contribution in [0, 0.1) is 20.8 Å². The maximum Gasteiger partial charge on any atom is 0.242 e. The molecule has 29 heavy (non-hydrogen) atoms. The van der Waals surface area contributed by atoms with Crippen LogP contribution in [0.15, 0.2) is 42.5 Å². The maximum absolute atomic E-state index is 13.2. The molecule has 1 unspecified atom stereocenters. The lowest BCUT2D eigenvalue weighted by Gasteiger charge is -2.31. The van der Waals surface area contributed by atoms with Crippen molar-refractivity contribution >= 4 is 11.8 Å². The quantitative estimate of drug-likeness (QED) is 0.785. The molecule has 2 rings (SSSR count). The molecule has 2 aromatic carbocycles. The Morgan fingerprint density at radius 1 is 0.931 bits per heavy atom. The summed E-state index contributed by atoms with van der Waals surface area (Å²) in [4.78, 5) is 27.7. The number of aryl methyl sites for hydroxylation is 3. The number of nitrogens with zero attached hydrogens (tertiary/aromatic N) is 1. The van der Waals surface area contributed by atoms with Crippen LogP contribution < -0.4 is 5.32 Å². The zero-order chi connectivity index (χ0) is 21.8. The maximum atomic E-state index is 13.2. The number of carbonyl (C=O) groups is 2. The zero-order valence-electron chi connectivity index (χ0n) is 18.8. The van der Waals surface area contributed by atoms with Gasteiger partial charge in [-0.15, -0.1) is 0 Å². The molecule has 0 fully saturated rings. The van der Waals surface area contributed by atoms with Crippen LogP contribution in [0.4, 0.5) is 0 Å². The van der Waals surface area contributed by atoms with E-state index in [-0.39, 0.29) is 23.8 Å². The van der Waals surface area contributed by atoms with E-state index < -0.39 is 6.04 Å². The topological polar surface area (TPSA) is 49.4 Å². The molecular weight excluding hydrogens is 360 g/mol. The van der Waals surface area contributed by atoms with Gasteiger partial charge < -0.3 is 10.2 Å². The second-order valence-electron chi connectivity index (χ2n) is 9.02. The van der Waals surface area contributed by atoms with Crippen molar-refractivity contribution in [2.75, 3.05) is 0 Å². The van der Waals surface area contributed by atoms with Crippen molar-refractivity contribution in [1.29, 1.82) is 0 Å². The second kappa shape index (κ2) is 9.25. The van der Waals surface area contributed by atoms with E-state index in [0.29, 0.717) is 6.54 Å². The van der Waals surface area contributed by atoms with Crippen LogP contribution in [0.1, 0.15) is 55.5 Å². The fourth-order valence-electron chi connectivity index (χ4n) is 3.14. The monoisotopic (exact) mass is 394 g/mol. The third-order valence-corrected chi connectivity index (χ3v) is 5.07. The molecule has 4 heteroatoms. The van der Waals surface area contributed by atoms with Gasteiger partial charge in [0, 0.05) is 12.1 Å². The molecule has 0 spiro atoms. The summed E-state index contributed by atoms with van der Waals surface area (Å²) in [5.41, 5.74) is 5.17. The first kappa shape index (κ1) is 22.7. The highest BCUT2D eigenvalue weighted by Gasteiger charge is 2.28. The highest BCUT2D eigenvalue weighted by Crippen LogP contribution is 2.16. The Bertz CT molecular complexity index is 863. The van der Waals surface area contributed by atoms with Crippen molar-refractivity contribution in [3.05, 3.63) is 70.3 Å². The van der Waals surface area contributed by atoms with E-state index in [4.69, 9.17) is 0 Å². The molecule has 1 atom stereocenters. The van der Waals surface area contributed by atoms with Crippen molar-refractivity contribution < 1.29 is 9.59 Å². The summed E-state index contributed by atoms with van der Waals surface area (Å²) in [5.74, 6) is -0.191. The lowest BCUT2D eigenvalue weighted by atomic mass is 10.0. The van der Waals surface area contributed by atoms with Crippen molar-refractivity contribution in [3.8, 4) is 0 Å². The van der Waals surface area contributed by atoms with Crippen LogP contribution in [0.3, 0.4) is 0 Å². The number of nitrogens with one attached hydrogen (secondary N) is 1. The van der Waals surface area contributed by atoms with E-state index in [2.05, 4.69) is 18.3 Å². The highest BCUT2D eigenvalue weighted by molar-refractivity contribution is 5.88. The molecule has 0 aromatic heterocycles. The number of rotatable bonds is 6. The van der Waals surface area contributed by atoms with E-state index in [1.807, 2.05) is 71.0 Å². The van der Waals surface area contributed by atoms with Gasteiger partial charge in [0.15, 0.2) is 0 Å². The molecule has 0 aliphatic heterocycles. The standard InChI is InChI=1S/C25H34N2O2/c1-17-8-11-21(12-9-17)16-27(20(4)24(29)26-25(5,6)7)23(28)15-22-13-10-18(2)19(3)14-22/h8-14,20H,15-16H2,1-7H3,(H,26,29). The lowest BCUT2D eigenvalue weighted by molar-refractivity contribution is -0.140. The minimum absolute atomic E-state index is 0.0506. The Morgan fingerprint density at radius 3 is 2.07 bits per heavy atom. The highest BCUT2D eigenvalue weighted by atomic mass is 16.2. The summed E-state index contributed by atoms with van der Waals surface area (Å²) in [6.45, 7) is 14.2. The molecule has 0 heterocycles. The number of hydrogen-bond acceptors (Lipinski definition) is 2. The first-order valence-corrected chi connectivity index (χ1v) is 10.2. The second-order valence-corrected chi connectivity index (χ2v) is 9.02. The van der Waals surface area contributed by atoms with E-state index in [1.165, 1.54) is 16.7 Å². The molecule has 4 nitrogen and oxygen atoms in total. The van der Waals surface area contributed by atoms with Gasteiger partial charge in [-0.25, -0.2) is 0 Å². The summed E-state index contributed by atoms with van der Waals surface area (Å²) in [6.07, 6.45) is 0.278. The average Bonchev–Trinajstić information content (AvgIpc) is 2.62.